The maximum atomic E-state index is 6.03. The van der Waals surface area contributed by atoms with Crippen molar-refractivity contribution in [3.63, 3.8) is 0 Å². The molecule has 2 aromatic carbocycles. The molecule has 1 saturated heterocycles. The molecule has 0 radical (unpaired) electrons. The van der Waals surface area contributed by atoms with Crippen LogP contribution < -0.4 is 10.1 Å². The predicted molar refractivity (Wildman–Crippen MR) is 88.3 cm³/mol. The average molecular weight is 297 g/mol. The van der Waals surface area contributed by atoms with E-state index in [-0.39, 0.29) is 6.04 Å². The number of hydrogen-bond acceptors (Lipinski definition) is 3. The normalized spacial score (nSPS) is 20.7. The van der Waals surface area contributed by atoms with Gasteiger partial charge in [-0.25, -0.2) is 0 Å². The zero-order valence-corrected chi connectivity index (χ0v) is 12.7. The summed E-state index contributed by atoms with van der Waals surface area (Å²) in [5.41, 5.74) is 2.50. The van der Waals surface area contributed by atoms with Crippen molar-refractivity contribution in [2.24, 2.45) is 0 Å². The fourth-order valence-corrected chi connectivity index (χ4v) is 4.40. The summed E-state index contributed by atoms with van der Waals surface area (Å²) < 4.78 is 6.03. The minimum absolute atomic E-state index is 0.243. The van der Waals surface area contributed by atoms with Crippen LogP contribution in [-0.2, 0) is 0 Å². The van der Waals surface area contributed by atoms with Crippen LogP contribution in [0.25, 0.3) is 0 Å². The van der Waals surface area contributed by atoms with Crippen molar-refractivity contribution in [3.05, 3.63) is 59.7 Å². The molecule has 1 unspecified atom stereocenters. The van der Waals surface area contributed by atoms with Crippen molar-refractivity contribution in [2.75, 3.05) is 12.3 Å². The molecule has 108 valence electrons. The van der Waals surface area contributed by atoms with E-state index in [9.17, 15) is 0 Å². The lowest BCUT2D eigenvalue weighted by Crippen LogP contribution is -2.30. The number of fused-ring (bicyclic) bond motifs is 2. The molecule has 2 nitrogen and oxygen atoms in total. The second-order valence-corrected chi connectivity index (χ2v) is 7.06. The van der Waals surface area contributed by atoms with Crippen molar-refractivity contribution < 1.29 is 4.74 Å². The number of para-hydroxylation sites is 2. The molecule has 2 aliphatic heterocycles. The lowest BCUT2D eigenvalue weighted by Gasteiger charge is -2.29. The average Bonchev–Trinajstić information content (AvgIpc) is 3.05. The highest BCUT2D eigenvalue weighted by Gasteiger charge is 2.27. The molecule has 2 aromatic rings. The van der Waals surface area contributed by atoms with Gasteiger partial charge in [0.25, 0.3) is 0 Å². The van der Waals surface area contributed by atoms with Crippen LogP contribution >= 0.6 is 11.8 Å². The fourth-order valence-electron chi connectivity index (χ4n) is 3.18. The summed E-state index contributed by atoms with van der Waals surface area (Å²) in [6.07, 6.45) is 2.70. The third kappa shape index (κ3) is 2.56. The molecule has 4 rings (SSSR count). The Kier molecular flexibility index (Phi) is 3.62. The van der Waals surface area contributed by atoms with Crippen molar-refractivity contribution >= 4 is 11.8 Å². The Morgan fingerprint density at radius 2 is 1.67 bits per heavy atom. The van der Waals surface area contributed by atoms with E-state index in [1.165, 1.54) is 29.7 Å². The second-order valence-electron chi connectivity index (χ2n) is 5.65. The van der Waals surface area contributed by atoms with Gasteiger partial charge in [-0.05, 0) is 30.7 Å². The molecule has 2 aliphatic rings. The van der Waals surface area contributed by atoms with Crippen LogP contribution in [0.2, 0.25) is 0 Å². The van der Waals surface area contributed by atoms with Crippen molar-refractivity contribution in [1.82, 2.24) is 5.32 Å². The van der Waals surface area contributed by atoms with Crippen LogP contribution in [0.3, 0.4) is 0 Å². The highest BCUT2D eigenvalue weighted by Crippen LogP contribution is 2.42. The molecule has 3 heteroatoms. The van der Waals surface area contributed by atoms with Crippen LogP contribution in [0.15, 0.2) is 48.5 Å². The van der Waals surface area contributed by atoms with E-state index < -0.39 is 0 Å². The minimum Gasteiger partial charge on any atom is -0.457 e. The summed E-state index contributed by atoms with van der Waals surface area (Å²) in [6, 6.07) is 17.0. The van der Waals surface area contributed by atoms with Crippen LogP contribution in [0.1, 0.15) is 30.0 Å². The third-order valence-electron chi connectivity index (χ3n) is 4.25. The van der Waals surface area contributed by atoms with Gasteiger partial charge in [0, 0.05) is 22.9 Å². The zero-order chi connectivity index (χ0) is 14.1. The Bertz CT molecular complexity index is 591. The molecule has 0 aliphatic carbocycles. The van der Waals surface area contributed by atoms with Gasteiger partial charge in [0.1, 0.15) is 11.5 Å². The molecule has 2 heterocycles. The van der Waals surface area contributed by atoms with Crippen LogP contribution in [0.5, 0.6) is 11.5 Å². The quantitative estimate of drug-likeness (QED) is 0.909. The van der Waals surface area contributed by atoms with Gasteiger partial charge in [0.05, 0.1) is 6.04 Å². The van der Waals surface area contributed by atoms with E-state index in [1.807, 2.05) is 12.1 Å². The fraction of sp³-hybridized carbons (Fsp3) is 0.333. The first-order valence-corrected chi connectivity index (χ1v) is 8.67. The molecule has 0 bridgehead atoms. The monoisotopic (exact) mass is 297 g/mol. The van der Waals surface area contributed by atoms with E-state index in [0.717, 1.165) is 23.3 Å². The van der Waals surface area contributed by atoms with Gasteiger partial charge in [-0.1, -0.05) is 36.4 Å². The lowest BCUT2D eigenvalue weighted by molar-refractivity contribution is 0.427. The number of benzene rings is 2. The first kappa shape index (κ1) is 13.2. The Balaban J connectivity index is 1.64. The molecule has 21 heavy (non-hydrogen) atoms. The second kappa shape index (κ2) is 5.74. The number of thioether (sulfide) groups is 1. The number of nitrogens with one attached hydrogen (secondary N) is 1. The highest BCUT2D eigenvalue weighted by atomic mass is 32.2. The van der Waals surface area contributed by atoms with Gasteiger partial charge in [-0.3, -0.25) is 0 Å². The van der Waals surface area contributed by atoms with Crippen LogP contribution in [0, 0.1) is 0 Å². The number of hydrogen-bond donors (Lipinski definition) is 1. The summed E-state index contributed by atoms with van der Waals surface area (Å²) in [5.74, 6) is 3.27. The minimum atomic E-state index is 0.243. The Labute approximate surface area is 129 Å². The summed E-state index contributed by atoms with van der Waals surface area (Å²) in [4.78, 5) is 0. The van der Waals surface area contributed by atoms with Gasteiger partial charge in [-0.2, -0.15) is 11.8 Å². The maximum absolute atomic E-state index is 6.03. The molecule has 0 spiro atoms. The first-order chi connectivity index (χ1) is 10.4. The predicted octanol–water partition coefficient (Wildman–Crippen LogP) is 4.37. The maximum Gasteiger partial charge on any atom is 0.132 e. The summed E-state index contributed by atoms with van der Waals surface area (Å²) >= 11 is 2.10. The first-order valence-electron chi connectivity index (χ1n) is 7.62. The van der Waals surface area contributed by atoms with Crippen LogP contribution in [-0.4, -0.2) is 17.5 Å². The molecule has 1 N–H and O–H groups in total. The van der Waals surface area contributed by atoms with Crippen LogP contribution in [0.4, 0.5) is 0 Å². The molecule has 1 atom stereocenters. The largest absolute Gasteiger partial charge is 0.457 e. The van der Waals surface area contributed by atoms with E-state index in [1.54, 1.807) is 0 Å². The summed E-state index contributed by atoms with van der Waals surface area (Å²) in [5, 5.41) is 4.53. The van der Waals surface area contributed by atoms with E-state index >= 15 is 0 Å². The Morgan fingerprint density at radius 3 is 2.29 bits per heavy atom. The van der Waals surface area contributed by atoms with Gasteiger partial charge in [0.15, 0.2) is 0 Å². The summed E-state index contributed by atoms with van der Waals surface area (Å²) in [7, 11) is 0. The van der Waals surface area contributed by atoms with Gasteiger partial charge in [-0.15, -0.1) is 0 Å². The van der Waals surface area contributed by atoms with Crippen molar-refractivity contribution in [1.29, 1.82) is 0 Å². The molecule has 0 aromatic heterocycles. The van der Waals surface area contributed by atoms with E-state index in [0.29, 0.717) is 0 Å². The molecular formula is C18H19NOS. The topological polar surface area (TPSA) is 21.3 Å². The van der Waals surface area contributed by atoms with E-state index in [4.69, 9.17) is 4.74 Å². The molecular weight excluding hydrogens is 278 g/mol. The molecule has 1 fully saturated rings. The molecule has 0 saturated carbocycles. The smallest absolute Gasteiger partial charge is 0.132 e. The summed E-state index contributed by atoms with van der Waals surface area (Å²) in [6.45, 7) is 1.07. The highest BCUT2D eigenvalue weighted by molar-refractivity contribution is 8.00. The van der Waals surface area contributed by atoms with Gasteiger partial charge >= 0.3 is 0 Å². The van der Waals surface area contributed by atoms with Gasteiger partial charge < -0.3 is 10.1 Å². The third-order valence-corrected chi connectivity index (χ3v) is 5.65. The standard InChI is InChI=1S/C18H19NOS/c1-3-9-16-14(7-1)18(19-12-13-6-5-11-21-13)15-8-2-4-10-17(15)20-16/h1-4,7-10,13,18-19H,5-6,11-12H2. The lowest BCUT2D eigenvalue weighted by atomic mass is 9.94. The Morgan fingerprint density at radius 1 is 1.00 bits per heavy atom. The Hall–Kier alpha value is -1.45. The number of ether oxygens (including phenoxy) is 1. The van der Waals surface area contributed by atoms with Crippen molar-refractivity contribution in [2.45, 2.75) is 24.1 Å². The molecule has 0 amide bonds. The zero-order valence-electron chi connectivity index (χ0n) is 11.9. The van der Waals surface area contributed by atoms with Crippen molar-refractivity contribution in [3.8, 4) is 11.5 Å². The van der Waals surface area contributed by atoms with E-state index in [2.05, 4.69) is 53.5 Å². The number of rotatable bonds is 3. The SMILES string of the molecule is c1ccc2c(c1)Oc1ccccc1C2NCC1CCCS1. The van der Waals surface area contributed by atoms with Gasteiger partial charge in [0.2, 0.25) is 0 Å².